The van der Waals surface area contributed by atoms with Crippen LogP contribution in [0.15, 0.2) is 29.3 Å². The minimum atomic E-state index is 0.0150. The first-order valence-electron chi connectivity index (χ1n) is 6.54. The first-order chi connectivity index (χ1) is 9.17. The Hall–Kier alpha value is -1.55. The monoisotopic (exact) mass is 279 g/mol. The third kappa shape index (κ3) is 2.89. The van der Waals surface area contributed by atoms with E-state index in [9.17, 15) is 4.79 Å². The number of nitrogens with zero attached hydrogens (tertiary/aromatic N) is 3. The zero-order valence-electron chi connectivity index (χ0n) is 11.3. The van der Waals surface area contributed by atoms with Gasteiger partial charge in [0.2, 0.25) is 0 Å². The molecule has 19 heavy (non-hydrogen) atoms. The Morgan fingerprint density at radius 3 is 2.79 bits per heavy atom. The lowest BCUT2D eigenvalue weighted by Crippen LogP contribution is -2.45. The standard InChI is InChI=1S/C14H18ClN3O/c1-3-17(4-2)14(19)18-9-8-16-13(18)11-6-5-7-12(15)10-11/h5-7,10H,3-4,8-9H2,1-2H3. The molecule has 1 heterocycles. The lowest BCUT2D eigenvalue weighted by Gasteiger charge is -2.26. The van der Waals surface area contributed by atoms with E-state index in [1.54, 1.807) is 9.80 Å². The minimum Gasteiger partial charge on any atom is -0.325 e. The lowest BCUT2D eigenvalue weighted by molar-refractivity contribution is 0.183. The maximum absolute atomic E-state index is 12.4. The molecule has 0 saturated carbocycles. The molecule has 1 aromatic rings. The number of hydrogen-bond donors (Lipinski definition) is 0. The summed E-state index contributed by atoms with van der Waals surface area (Å²) in [5, 5.41) is 0.655. The molecule has 0 atom stereocenters. The number of benzene rings is 1. The largest absolute Gasteiger partial charge is 0.325 e. The normalized spacial score (nSPS) is 14.5. The van der Waals surface area contributed by atoms with Gasteiger partial charge in [0.25, 0.3) is 0 Å². The molecule has 102 valence electrons. The molecule has 2 rings (SSSR count). The van der Waals surface area contributed by atoms with Crippen LogP contribution in [0.1, 0.15) is 19.4 Å². The molecule has 0 radical (unpaired) electrons. The Morgan fingerprint density at radius 1 is 1.42 bits per heavy atom. The van der Waals surface area contributed by atoms with E-state index in [-0.39, 0.29) is 6.03 Å². The summed E-state index contributed by atoms with van der Waals surface area (Å²) in [6, 6.07) is 7.48. The number of aliphatic imine (C=N–C) groups is 1. The van der Waals surface area contributed by atoms with E-state index in [1.807, 2.05) is 38.1 Å². The molecule has 2 amide bonds. The van der Waals surface area contributed by atoms with E-state index >= 15 is 0 Å². The summed E-state index contributed by atoms with van der Waals surface area (Å²) in [7, 11) is 0. The molecule has 0 bridgehead atoms. The quantitative estimate of drug-likeness (QED) is 0.838. The van der Waals surface area contributed by atoms with E-state index in [1.165, 1.54) is 0 Å². The number of hydrogen-bond acceptors (Lipinski definition) is 2. The SMILES string of the molecule is CCN(CC)C(=O)N1CCN=C1c1cccc(Cl)c1. The van der Waals surface area contributed by atoms with Gasteiger partial charge in [0.05, 0.1) is 6.54 Å². The van der Waals surface area contributed by atoms with Gasteiger partial charge < -0.3 is 4.90 Å². The highest BCUT2D eigenvalue weighted by molar-refractivity contribution is 6.31. The summed E-state index contributed by atoms with van der Waals surface area (Å²) in [5.41, 5.74) is 0.894. The average molecular weight is 280 g/mol. The lowest BCUT2D eigenvalue weighted by atomic mass is 10.2. The molecule has 0 saturated heterocycles. The van der Waals surface area contributed by atoms with Gasteiger partial charge in [-0.1, -0.05) is 23.7 Å². The fraction of sp³-hybridized carbons (Fsp3) is 0.429. The summed E-state index contributed by atoms with van der Waals surface area (Å²) in [6.07, 6.45) is 0. The van der Waals surface area contributed by atoms with Gasteiger partial charge in [-0.05, 0) is 26.0 Å². The number of amidine groups is 1. The van der Waals surface area contributed by atoms with Gasteiger partial charge in [0.15, 0.2) is 0 Å². The molecule has 1 aromatic carbocycles. The zero-order valence-corrected chi connectivity index (χ0v) is 12.0. The van der Waals surface area contributed by atoms with Gasteiger partial charge in [-0.25, -0.2) is 4.79 Å². The van der Waals surface area contributed by atoms with Gasteiger partial charge in [0, 0.05) is 30.2 Å². The highest BCUT2D eigenvalue weighted by Crippen LogP contribution is 2.17. The predicted octanol–water partition coefficient (Wildman–Crippen LogP) is 2.86. The van der Waals surface area contributed by atoms with Crippen molar-refractivity contribution in [3.63, 3.8) is 0 Å². The number of carbonyl (C=O) groups excluding carboxylic acids is 1. The van der Waals surface area contributed by atoms with Gasteiger partial charge in [-0.2, -0.15) is 0 Å². The van der Waals surface area contributed by atoms with Crippen molar-refractivity contribution >= 4 is 23.5 Å². The van der Waals surface area contributed by atoms with E-state index in [2.05, 4.69) is 4.99 Å². The molecule has 0 N–H and O–H groups in total. The molecule has 5 heteroatoms. The Labute approximate surface area is 118 Å². The number of urea groups is 1. The summed E-state index contributed by atoms with van der Waals surface area (Å²) in [5.74, 6) is 0.722. The van der Waals surface area contributed by atoms with E-state index in [4.69, 9.17) is 11.6 Å². The molecule has 0 aromatic heterocycles. The van der Waals surface area contributed by atoms with Crippen LogP contribution in [-0.2, 0) is 0 Å². The van der Waals surface area contributed by atoms with Gasteiger partial charge in [-0.3, -0.25) is 9.89 Å². The van der Waals surface area contributed by atoms with Crippen molar-refractivity contribution in [3.8, 4) is 0 Å². The highest BCUT2D eigenvalue weighted by Gasteiger charge is 2.27. The Balaban J connectivity index is 2.24. The van der Waals surface area contributed by atoms with E-state index in [0.717, 1.165) is 11.4 Å². The molecule has 1 aliphatic heterocycles. The molecule has 4 nitrogen and oxygen atoms in total. The maximum atomic E-state index is 12.4. The topological polar surface area (TPSA) is 35.9 Å². The number of carbonyl (C=O) groups is 1. The van der Waals surface area contributed by atoms with Crippen molar-refractivity contribution in [2.24, 2.45) is 4.99 Å². The van der Waals surface area contributed by atoms with Crippen LogP contribution in [0.3, 0.4) is 0 Å². The number of rotatable bonds is 3. The van der Waals surface area contributed by atoms with E-state index < -0.39 is 0 Å². The second kappa shape index (κ2) is 6.06. The van der Waals surface area contributed by atoms with Crippen LogP contribution in [0, 0.1) is 0 Å². The summed E-state index contributed by atoms with van der Waals surface area (Å²) < 4.78 is 0. The second-order valence-electron chi connectivity index (χ2n) is 4.32. The molecule has 0 fully saturated rings. The van der Waals surface area contributed by atoms with Crippen LogP contribution in [0.4, 0.5) is 4.79 Å². The van der Waals surface area contributed by atoms with Crippen molar-refractivity contribution in [1.82, 2.24) is 9.80 Å². The van der Waals surface area contributed by atoms with Gasteiger partial charge in [-0.15, -0.1) is 0 Å². The predicted molar refractivity (Wildman–Crippen MR) is 77.9 cm³/mol. The molecule has 1 aliphatic rings. The molecular formula is C14H18ClN3O. The van der Waals surface area contributed by atoms with Crippen molar-refractivity contribution in [1.29, 1.82) is 0 Å². The summed E-state index contributed by atoms with van der Waals surface area (Å²) in [4.78, 5) is 20.4. The Kier molecular flexibility index (Phi) is 4.43. The third-order valence-electron chi connectivity index (χ3n) is 3.19. The van der Waals surface area contributed by atoms with Crippen LogP contribution in [0.25, 0.3) is 0 Å². The number of amides is 2. The van der Waals surface area contributed by atoms with Gasteiger partial charge in [0.1, 0.15) is 5.84 Å². The van der Waals surface area contributed by atoms with Crippen molar-refractivity contribution in [2.45, 2.75) is 13.8 Å². The van der Waals surface area contributed by atoms with Crippen LogP contribution in [0.5, 0.6) is 0 Å². The van der Waals surface area contributed by atoms with Crippen LogP contribution in [-0.4, -0.2) is 47.8 Å². The molecular weight excluding hydrogens is 262 g/mol. The molecule has 0 spiro atoms. The second-order valence-corrected chi connectivity index (χ2v) is 4.76. The van der Waals surface area contributed by atoms with Crippen molar-refractivity contribution in [3.05, 3.63) is 34.9 Å². The van der Waals surface area contributed by atoms with E-state index in [0.29, 0.717) is 31.2 Å². The highest BCUT2D eigenvalue weighted by atomic mass is 35.5. The summed E-state index contributed by atoms with van der Waals surface area (Å²) >= 11 is 6.00. The number of halogens is 1. The minimum absolute atomic E-state index is 0.0150. The fourth-order valence-corrected chi connectivity index (χ4v) is 2.36. The van der Waals surface area contributed by atoms with Crippen LogP contribution >= 0.6 is 11.6 Å². The summed E-state index contributed by atoms with van der Waals surface area (Å²) in [6.45, 7) is 6.65. The van der Waals surface area contributed by atoms with Crippen molar-refractivity contribution < 1.29 is 4.79 Å². The first-order valence-corrected chi connectivity index (χ1v) is 6.92. The fourth-order valence-electron chi connectivity index (χ4n) is 2.17. The Bertz CT molecular complexity index is 497. The Morgan fingerprint density at radius 2 is 2.16 bits per heavy atom. The zero-order chi connectivity index (χ0) is 13.8. The van der Waals surface area contributed by atoms with Gasteiger partial charge >= 0.3 is 6.03 Å². The third-order valence-corrected chi connectivity index (χ3v) is 3.42. The average Bonchev–Trinajstić information content (AvgIpc) is 2.89. The first kappa shape index (κ1) is 13.9. The van der Waals surface area contributed by atoms with Crippen LogP contribution in [0.2, 0.25) is 5.02 Å². The van der Waals surface area contributed by atoms with Crippen LogP contribution < -0.4 is 0 Å². The van der Waals surface area contributed by atoms with Crippen molar-refractivity contribution in [2.75, 3.05) is 26.2 Å². The molecule has 0 aliphatic carbocycles. The maximum Gasteiger partial charge on any atom is 0.325 e. The molecule has 0 unspecified atom stereocenters. The smallest absolute Gasteiger partial charge is 0.325 e.